The number of ether oxygens (including phenoxy) is 1. The lowest BCUT2D eigenvalue weighted by atomic mass is 10.2. The molecule has 0 radical (unpaired) electrons. The summed E-state index contributed by atoms with van der Waals surface area (Å²) in [5.41, 5.74) is 0.279. The highest BCUT2D eigenvalue weighted by Gasteiger charge is 2.25. The predicted octanol–water partition coefficient (Wildman–Crippen LogP) is 0.991. The average molecular weight is 242 g/mol. The van der Waals surface area contributed by atoms with E-state index >= 15 is 0 Å². The monoisotopic (exact) mass is 241 g/mol. The summed E-state index contributed by atoms with van der Waals surface area (Å²) in [5, 5.41) is 0.228. The Morgan fingerprint density at radius 2 is 2.44 bits per heavy atom. The van der Waals surface area contributed by atoms with Gasteiger partial charge in [0.25, 0.3) is 5.91 Å². The van der Waals surface area contributed by atoms with Crippen LogP contribution in [0.2, 0.25) is 5.15 Å². The van der Waals surface area contributed by atoms with E-state index in [1.54, 1.807) is 4.90 Å². The van der Waals surface area contributed by atoms with Gasteiger partial charge in [0, 0.05) is 6.54 Å². The van der Waals surface area contributed by atoms with Crippen molar-refractivity contribution in [1.29, 1.82) is 0 Å². The molecule has 1 atom stereocenters. The van der Waals surface area contributed by atoms with Crippen LogP contribution in [0.25, 0.3) is 0 Å². The summed E-state index contributed by atoms with van der Waals surface area (Å²) in [4.78, 5) is 21.6. The lowest BCUT2D eigenvalue weighted by Gasteiger charge is -2.32. The topological polar surface area (TPSA) is 55.3 Å². The minimum absolute atomic E-state index is 0.0574. The molecule has 1 fully saturated rings. The Labute approximate surface area is 98.4 Å². The van der Waals surface area contributed by atoms with Crippen molar-refractivity contribution in [2.45, 2.75) is 13.0 Å². The summed E-state index contributed by atoms with van der Waals surface area (Å²) < 4.78 is 5.27. The van der Waals surface area contributed by atoms with E-state index in [0.29, 0.717) is 19.8 Å². The molecule has 1 aromatic rings. The van der Waals surface area contributed by atoms with Crippen LogP contribution < -0.4 is 0 Å². The van der Waals surface area contributed by atoms with Gasteiger partial charge in [-0.25, -0.2) is 4.98 Å². The zero-order valence-electron chi connectivity index (χ0n) is 8.89. The van der Waals surface area contributed by atoms with Crippen molar-refractivity contribution in [2.75, 3.05) is 19.8 Å². The lowest BCUT2D eigenvalue weighted by Crippen LogP contribution is -2.47. The molecule has 1 saturated heterocycles. The highest BCUT2D eigenvalue weighted by molar-refractivity contribution is 6.29. The van der Waals surface area contributed by atoms with Crippen LogP contribution in [0.5, 0.6) is 0 Å². The first kappa shape index (κ1) is 11.3. The molecule has 1 aliphatic heterocycles. The molecule has 2 heterocycles. The van der Waals surface area contributed by atoms with Gasteiger partial charge in [-0.05, 0) is 6.92 Å². The molecular weight excluding hydrogens is 230 g/mol. The molecule has 86 valence electrons. The van der Waals surface area contributed by atoms with Crippen LogP contribution in [0.15, 0.2) is 12.4 Å². The SMILES string of the molecule is C[C@@H]1COCCN1C(=O)c1cncc(Cl)n1. The number of rotatable bonds is 1. The summed E-state index contributed by atoms with van der Waals surface area (Å²) in [6, 6.07) is 0.0574. The zero-order valence-corrected chi connectivity index (χ0v) is 9.65. The minimum Gasteiger partial charge on any atom is -0.377 e. The fourth-order valence-electron chi connectivity index (χ4n) is 1.62. The molecule has 5 nitrogen and oxygen atoms in total. The first-order chi connectivity index (χ1) is 7.68. The lowest BCUT2D eigenvalue weighted by molar-refractivity contribution is 0.00324. The number of carbonyl (C=O) groups excluding carboxylic acids is 1. The van der Waals surface area contributed by atoms with E-state index in [1.807, 2.05) is 6.92 Å². The molecule has 0 bridgehead atoms. The van der Waals surface area contributed by atoms with Gasteiger partial charge >= 0.3 is 0 Å². The Hall–Kier alpha value is -1.20. The van der Waals surface area contributed by atoms with Crippen LogP contribution in [0.4, 0.5) is 0 Å². The smallest absolute Gasteiger partial charge is 0.274 e. The van der Waals surface area contributed by atoms with Crippen LogP contribution in [0, 0.1) is 0 Å². The molecular formula is C10H12ClN3O2. The maximum Gasteiger partial charge on any atom is 0.274 e. The second-order valence-corrected chi connectivity index (χ2v) is 4.04. The fourth-order valence-corrected chi connectivity index (χ4v) is 1.77. The highest BCUT2D eigenvalue weighted by Crippen LogP contribution is 2.11. The van der Waals surface area contributed by atoms with Crippen LogP contribution in [-0.4, -0.2) is 46.6 Å². The molecule has 1 amide bonds. The van der Waals surface area contributed by atoms with Crippen molar-refractivity contribution < 1.29 is 9.53 Å². The van der Waals surface area contributed by atoms with E-state index in [-0.39, 0.29) is 22.8 Å². The van der Waals surface area contributed by atoms with Crippen molar-refractivity contribution in [3.8, 4) is 0 Å². The number of morpholine rings is 1. The number of nitrogens with zero attached hydrogens (tertiary/aromatic N) is 3. The first-order valence-electron chi connectivity index (χ1n) is 5.05. The number of aromatic nitrogens is 2. The van der Waals surface area contributed by atoms with Gasteiger partial charge in [-0.2, -0.15) is 0 Å². The number of hydrogen-bond donors (Lipinski definition) is 0. The van der Waals surface area contributed by atoms with Crippen LogP contribution in [0.3, 0.4) is 0 Å². The quantitative estimate of drug-likeness (QED) is 0.736. The van der Waals surface area contributed by atoms with Gasteiger partial charge in [-0.15, -0.1) is 0 Å². The summed E-state index contributed by atoms with van der Waals surface area (Å²) >= 11 is 5.70. The predicted molar refractivity (Wildman–Crippen MR) is 58.4 cm³/mol. The number of halogens is 1. The van der Waals surface area contributed by atoms with Gasteiger partial charge < -0.3 is 9.64 Å². The molecule has 0 aliphatic carbocycles. The second-order valence-electron chi connectivity index (χ2n) is 3.65. The molecule has 2 rings (SSSR count). The van der Waals surface area contributed by atoms with E-state index in [1.165, 1.54) is 12.4 Å². The minimum atomic E-state index is -0.147. The summed E-state index contributed by atoms with van der Waals surface area (Å²) in [6.45, 7) is 3.63. The van der Waals surface area contributed by atoms with Crippen molar-refractivity contribution >= 4 is 17.5 Å². The Morgan fingerprint density at radius 3 is 3.12 bits per heavy atom. The van der Waals surface area contributed by atoms with Crippen LogP contribution in [-0.2, 0) is 4.74 Å². The highest BCUT2D eigenvalue weighted by atomic mass is 35.5. The van der Waals surface area contributed by atoms with Crippen molar-refractivity contribution in [3.63, 3.8) is 0 Å². The molecule has 1 aromatic heterocycles. The van der Waals surface area contributed by atoms with Gasteiger partial charge in [0.1, 0.15) is 10.8 Å². The van der Waals surface area contributed by atoms with Crippen LogP contribution >= 0.6 is 11.6 Å². The summed E-state index contributed by atoms with van der Waals surface area (Å²) in [7, 11) is 0. The van der Waals surface area contributed by atoms with Crippen molar-refractivity contribution in [3.05, 3.63) is 23.2 Å². The molecule has 1 aliphatic rings. The largest absolute Gasteiger partial charge is 0.377 e. The third-order valence-corrected chi connectivity index (χ3v) is 2.63. The van der Waals surface area contributed by atoms with Gasteiger partial charge in [0.05, 0.1) is 31.6 Å². The molecule has 0 spiro atoms. The third-order valence-electron chi connectivity index (χ3n) is 2.45. The van der Waals surface area contributed by atoms with Crippen molar-refractivity contribution in [2.24, 2.45) is 0 Å². The normalized spacial score (nSPS) is 20.9. The number of amides is 1. The Morgan fingerprint density at radius 1 is 1.62 bits per heavy atom. The molecule has 0 aromatic carbocycles. The van der Waals surface area contributed by atoms with E-state index in [4.69, 9.17) is 16.3 Å². The standard InChI is InChI=1S/C10H12ClN3O2/c1-7-6-16-3-2-14(7)10(15)8-4-12-5-9(11)13-8/h4-5,7H,2-3,6H2,1H3/t7-/m1/s1. The first-order valence-corrected chi connectivity index (χ1v) is 5.42. The molecule has 0 saturated carbocycles. The average Bonchev–Trinajstić information content (AvgIpc) is 2.29. The van der Waals surface area contributed by atoms with E-state index in [0.717, 1.165) is 0 Å². The molecule has 6 heteroatoms. The zero-order chi connectivity index (χ0) is 11.5. The number of carbonyl (C=O) groups is 1. The van der Waals surface area contributed by atoms with E-state index in [9.17, 15) is 4.79 Å². The maximum atomic E-state index is 12.1. The van der Waals surface area contributed by atoms with E-state index in [2.05, 4.69) is 9.97 Å². The van der Waals surface area contributed by atoms with Gasteiger partial charge in [-0.3, -0.25) is 9.78 Å². The third kappa shape index (κ3) is 2.31. The summed E-state index contributed by atoms with van der Waals surface area (Å²) in [5.74, 6) is -0.147. The Balaban J connectivity index is 2.17. The summed E-state index contributed by atoms with van der Waals surface area (Å²) in [6.07, 6.45) is 2.83. The second kappa shape index (κ2) is 4.76. The van der Waals surface area contributed by atoms with Gasteiger partial charge in [0.2, 0.25) is 0 Å². The number of hydrogen-bond acceptors (Lipinski definition) is 4. The van der Waals surface area contributed by atoms with Gasteiger partial charge in [0.15, 0.2) is 0 Å². The Bertz CT molecular complexity index is 399. The fraction of sp³-hybridized carbons (Fsp3) is 0.500. The maximum absolute atomic E-state index is 12.1. The van der Waals surface area contributed by atoms with Gasteiger partial charge in [-0.1, -0.05) is 11.6 Å². The van der Waals surface area contributed by atoms with Crippen molar-refractivity contribution in [1.82, 2.24) is 14.9 Å². The molecule has 0 unspecified atom stereocenters. The Kier molecular flexibility index (Phi) is 3.36. The van der Waals surface area contributed by atoms with E-state index < -0.39 is 0 Å². The molecule has 0 N–H and O–H groups in total. The molecule has 16 heavy (non-hydrogen) atoms. The van der Waals surface area contributed by atoms with Crippen LogP contribution in [0.1, 0.15) is 17.4 Å².